The van der Waals surface area contributed by atoms with Crippen LogP contribution in [0.2, 0.25) is 0 Å². The molecule has 0 aliphatic heterocycles. The van der Waals surface area contributed by atoms with Crippen LogP contribution in [0, 0.1) is 5.92 Å². The van der Waals surface area contributed by atoms with Crippen LogP contribution in [0.5, 0.6) is 0 Å². The molecular weight excluding hydrogens is 236 g/mol. The molecule has 0 heterocycles. The molecule has 3 heteroatoms. The van der Waals surface area contributed by atoms with Crippen molar-refractivity contribution in [3.63, 3.8) is 0 Å². The number of hydrogen-bond donors (Lipinski definition) is 2. The summed E-state index contributed by atoms with van der Waals surface area (Å²) in [5.41, 5.74) is 0. The van der Waals surface area contributed by atoms with E-state index in [-0.39, 0.29) is 12.0 Å². The van der Waals surface area contributed by atoms with Crippen molar-refractivity contribution in [2.75, 3.05) is 6.54 Å². The van der Waals surface area contributed by atoms with Gasteiger partial charge >= 0.3 is 0 Å². The van der Waals surface area contributed by atoms with Crippen LogP contribution in [0.1, 0.15) is 67.2 Å². The smallest absolute Gasteiger partial charge is 0.152 e. The number of nitrogens with one attached hydrogen (secondary N) is 2. The standard InChI is InChI=1S/C16H34N2O/c1-7-14(6)17-11-9-8-10-15(18-13(4)5)16(19)12(2)3/h12-15,17-18H,7-11H2,1-6H3/t14-,15?/m0/s1. The van der Waals surface area contributed by atoms with Crippen LogP contribution in [0.3, 0.4) is 0 Å². The molecule has 3 nitrogen and oxygen atoms in total. The quantitative estimate of drug-likeness (QED) is 0.567. The maximum Gasteiger partial charge on any atom is 0.152 e. The molecule has 0 rings (SSSR count). The van der Waals surface area contributed by atoms with Gasteiger partial charge in [-0.2, -0.15) is 0 Å². The Bertz CT molecular complexity index is 239. The second kappa shape index (κ2) is 10.4. The van der Waals surface area contributed by atoms with Gasteiger partial charge in [0.05, 0.1) is 6.04 Å². The van der Waals surface area contributed by atoms with Gasteiger partial charge in [0.25, 0.3) is 0 Å². The highest BCUT2D eigenvalue weighted by Crippen LogP contribution is 2.08. The number of hydrogen-bond acceptors (Lipinski definition) is 3. The molecule has 0 bridgehead atoms. The molecule has 2 N–H and O–H groups in total. The molecule has 0 aromatic rings. The normalized spacial score (nSPS) is 14.9. The summed E-state index contributed by atoms with van der Waals surface area (Å²) in [6.07, 6.45) is 4.37. The number of carbonyl (C=O) groups excluding carboxylic acids is 1. The molecular formula is C16H34N2O. The zero-order chi connectivity index (χ0) is 14.8. The van der Waals surface area contributed by atoms with Crippen LogP contribution in [0.4, 0.5) is 0 Å². The SMILES string of the molecule is CC[C@H](C)NCCCCC(NC(C)C)C(=O)C(C)C. The van der Waals surface area contributed by atoms with Crippen LogP contribution in [-0.2, 0) is 4.79 Å². The first-order valence-corrected chi connectivity index (χ1v) is 7.91. The Morgan fingerprint density at radius 2 is 1.68 bits per heavy atom. The molecule has 0 fully saturated rings. The summed E-state index contributed by atoms with van der Waals surface area (Å²) >= 11 is 0. The maximum atomic E-state index is 12.1. The highest BCUT2D eigenvalue weighted by atomic mass is 16.1. The molecule has 0 aromatic heterocycles. The minimum Gasteiger partial charge on any atom is -0.314 e. The van der Waals surface area contributed by atoms with Crippen LogP contribution < -0.4 is 10.6 Å². The van der Waals surface area contributed by atoms with Gasteiger partial charge in [-0.15, -0.1) is 0 Å². The van der Waals surface area contributed by atoms with E-state index in [1.807, 2.05) is 13.8 Å². The lowest BCUT2D eigenvalue weighted by Gasteiger charge is -2.22. The van der Waals surface area contributed by atoms with E-state index in [4.69, 9.17) is 0 Å². The van der Waals surface area contributed by atoms with Crippen LogP contribution in [0.15, 0.2) is 0 Å². The van der Waals surface area contributed by atoms with E-state index in [1.165, 1.54) is 6.42 Å². The molecule has 114 valence electrons. The Labute approximate surface area is 119 Å². The lowest BCUT2D eigenvalue weighted by atomic mass is 9.96. The largest absolute Gasteiger partial charge is 0.314 e. The van der Waals surface area contributed by atoms with Gasteiger partial charge in [0.1, 0.15) is 0 Å². The average molecular weight is 270 g/mol. The van der Waals surface area contributed by atoms with Crippen molar-refractivity contribution in [3.8, 4) is 0 Å². The van der Waals surface area contributed by atoms with E-state index in [2.05, 4.69) is 38.3 Å². The molecule has 2 atom stereocenters. The fourth-order valence-corrected chi connectivity index (χ4v) is 2.08. The Kier molecular flexibility index (Phi) is 10.2. The second-order valence-corrected chi connectivity index (χ2v) is 6.19. The zero-order valence-corrected chi connectivity index (χ0v) is 13.8. The number of Topliss-reactive ketones (excluding diaryl/α,β-unsaturated/α-hetero) is 1. The van der Waals surface area contributed by atoms with Crippen LogP contribution >= 0.6 is 0 Å². The summed E-state index contributed by atoms with van der Waals surface area (Å²) in [4.78, 5) is 12.1. The van der Waals surface area contributed by atoms with Gasteiger partial charge in [0.15, 0.2) is 5.78 Å². The predicted molar refractivity (Wildman–Crippen MR) is 83.5 cm³/mol. The highest BCUT2D eigenvalue weighted by Gasteiger charge is 2.20. The van der Waals surface area contributed by atoms with Crippen molar-refractivity contribution in [1.82, 2.24) is 10.6 Å². The molecule has 0 radical (unpaired) electrons. The minimum atomic E-state index is 0.0311. The fourth-order valence-electron chi connectivity index (χ4n) is 2.08. The molecule has 1 unspecified atom stereocenters. The van der Waals surface area contributed by atoms with E-state index >= 15 is 0 Å². The topological polar surface area (TPSA) is 41.1 Å². The van der Waals surface area contributed by atoms with Crippen LogP contribution in [0.25, 0.3) is 0 Å². The van der Waals surface area contributed by atoms with E-state index in [1.54, 1.807) is 0 Å². The van der Waals surface area contributed by atoms with Gasteiger partial charge < -0.3 is 10.6 Å². The third-order valence-electron chi connectivity index (χ3n) is 3.47. The summed E-state index contributed by atoms with van der Waals surface area (Å²) in [6.45, 7) is 13.6. The molecule has 19 heavy (non-hydrogen) atoms. The molecule has 0 saturated carbocycles. The monoisotopic (exact) mass is 270 g/mol. The van der Waals surface area contributed by atoms with Crippen molar-refractivity contribution < 1.29 is 4.79 Å². The van der Waals surface area contributed by atoms with Gasteiger partial charge in [-0.25, -0.2) is 0 Å². The van der Waals surface area contributed by atoms with Crippen molar-refractivity contribution >= 4 is 5.78 Å². The summed E-state index contributed by atoms with van der Waals surface area (Å²) in [5, 5.41) is 6.90. The molecule has 0 spiro atoms. The number of ketones is 1. The first-order chi connectivity index (χ1) is 8.88. The van der Waals surface area contributed by atoms with Gasteiger partial charge in [-0.05, 0) is 32.7 Å². The van der Waals surface area contributed by atoms with E-state index in [0.29, 0.717) is 17.9 Å². The lowest BCUT2D eigenvalue weighted by molar-refractivity contribution is -0.124. The predicted octanol–water partition coefficient (Wildman–Crippen LogP) is 3.14. The molecule has 0 aliphatic carbocycles. The molecule has 0 aromatic carbocycles. The molecule has 0 amide bonds. The van der Waals surface area contributed by atoms with Gasteiger partial charge in [-0.1, -0.05) is 41.0 Å². The van der Waals surface area contributed by atoms with Crippen LogP contribution in [-0.4, -0.2) is 30.5 Å². The Balaban J connectivity index is 3.96. The Morgan fingerprint density at radius 1 is 1.05 bits per heavy atom. The third kappa shape index (κ3) is 9.17. The Hall–Kier alpha value is -0.410. The van der Waals surface area contributed by atoms with Crippen molar-refractivity contribution in [3.05, 3.63) is 0 Å². The number of unbranched alkanes of at least 4 members (excludes halogenated alkanes) is 1. The van der Waals surface area contributed by atoms with Crippen molar-refractivity contribution in [2.24, 2.45) is 5.92 Å². The van der Waals surface area contributed by atoms with Gasteiger partial charge in [-0.3, -0.25) is 4.79 Å². The van der Waals surface area contributed by atoms with E-state index < -0.39 is 0 Å². The first-order valence-electron chi connectivity index (χ1n) is 7.91. The summed E-state index contributed by atoms with van der Waals surface area (Å²) in [6, 6.07) is 0.997. The zero-order valence-electron chi connectivity index (χ0n) is 13.8. The van der Waals surface area contributed by atoms with Crippen molar-refractivity contribution in [2.45, 2.75) is 85.4 Å². The van der Waals surface area contributed by atoms with E-state index in [9.17, 15) is 4.79 Å². The lowest BCUT2D eigenvalue weighted by Crippen LogP contribution is -2.42. The van der Waals surface area contributed by atoms with Gasteiger partial charge in [0.2, 0.25) is 0 Å². The number of carbonyl (C=O) groups is 1. The fraction of sp³-hybridized carbons (Fsp3) is 0.938. The van der Waals surface area contributed by atoms with Gasteiger partial charge in [0, 0.05) is 18.0 Å². The Morgan fingerprint density at radius 3 is 2.16 bits per heavy atom. The molecule has 0 saturated heterocycles. The molecule has 0 aliphatic rings. The summed E-state index contributed by atoms with van der Waals surface area (Å²) in [5.74, 6) is 0.470. The summed E-state index contributed by atoms with van der Waals surface area (Å²) < 4.78 is 0. The minimum absolute atomic E-state index is 0.0311. The number of rotatable bonds is 11. The highest BCUT2D eigenvalue weighted by molar-refractivity contribution is 5.85. The third-order valence-corrected chi connectivity index (χ3v) is 3.47. The second-order valence-electron chi connectivity index (χ2n) is 6.19. The summed E-state index contributed by atoms with van der Waals surface area (Å²) in [7, 11) is 0. The maximum absolute atomic E-state index is 12.1. The van der Waals surface area contributed by atoms with Crippen molar-refractivity contribution in [1.29, 1.82) is 0 Å². The van der Waals surface area contributed by atoms with E-state index in [0.717, 1.165) is 25.8 Å². The first kappa shape index (κ1) is 18.6. The average Bonchev–Trinajstić information content (AvgIpc) is 2.35.